The van der Waals surface area contributed by atoms with Gasteiger partial charge in [-0.25, -0.2) is 9.18 Å². The number of rotatable bonds is 8. The zero-order valence-corrected chi connectivity index (χ0v) is 18.8. The molecule has 2 N–H and O–H groups in total. The van der Waals surface area contributed by atoms with Crippen molar-refractivity contribution in [2.24, 2.45) is 0 Å². The fourth-order valence-electron chi connectivity index (χ4n) is 3.43. The summed E-state index contributed by atoms with van der Waals surface area (Å²) in [6.45, 7) is 4.05. The van der Waals surface area contributed by atoms with Crippen LogP contribution in [0.1, 0.15) is 24.2 Å². The third-order valence-electron chi connectivity index (χ3n) is 5.01. The van der Waals surface area contributed by atoms with Crippen LogP contribution in [0.15, 0.2) is 60.2 Å². The predicted octanol–water partition coefficient (Wildman–Crippen LogP) is 5.93. The summed E-state index contributed by atoms with van der Waals surface area (Å²) < 4.78 is 31.3. The van der Waals surface area contributed by atoms with Crippen LogP contribution >= 0.6 is 0 Å². The molecule has 0 saturated heterocycles. The van der Waals surface area contributed by atoms with E-state index in [0.29, 0.717) is 16.7 Å². The molecular weight excluding hydrogens is 427 g/mol. The van der Waals surface area contributed by atoms with Gasteiger partial charge in [0.1, 0.15) is 29.4 Å². The van der Waals surface area contributed by atoms with Gasteiger partial charge in [-0.3, -0.25) is 0 Å². The first kappa shape index (κ1) is 23.7. The van der Waals surface area contributed by atoms with Crippen molar-refractivity contribution in [1.29, 1.82) is 0 Å². The van der Waals surface area contributed by atoms with E-state index in [0.717, 1.165) is 5.57 Å². The lowest BCUT2D eigenvalue weighted by atomic mass is 9.92. The lowest BCUT2D eigenvalue weighted by Crippen LogP contribution is -2.07. The number of hydrogen-bond acceptors (Lipinski definition) is 5. The number of aromatic hydroxyl groups is 1. The van der Waals surface area contributed by atoms with Crippen LogP contribution in [0.25, 0.3) is 22.3 Å². The lowest BCUT2D eigenvalue weighted by Gasteiger charge is -2.19. The molecule has 3 aromatic carbocycles. The number of aromatic carboxylic acids is 1. The van der Waals surface area contributed by atoms with Gasteiger partial charge in [-0.2, -0.15) is 0 Å². The van der Waals surface area contributed by atoms with Crippen molar-refractivity contribution in [3.8, 4) is 45.3 Å². The predicted molar refractivity (Wildman–Crippen MR) is 124 cm³/mol. The zero-order chi connectivity index (χ0) is 24.1. The Bertz CT molecular complexity index is 1190. The molecule has 0 aliphatic heterocycles. The van der Waals surface area contributed by atoms with Gasteiger partial charge in [0.2, 0.25) is 0 Å². The molecule has 0 unspecified atom stereocenters. The van der Waals surface area contributed by atoms with Crippen LogP contribution in [0.3, 0.4) is 0 Å². The Hall–Kier alpha value is -4.00. The van der Waals surface area contributed by atoms with E-state index >= 15 is 0 Å². The normalized spacial score (nSPS) is 10.5. The SMILES string of the molecule is COc1cc(-c2ccc(O)cc2)c(OC)c(C(=O)O)c1-c1ccc(OCC=C(C)C)c(F)c1. The van der Waals surface area contributed by atoms with Gasteiger partial charge in [-0.1, -0.05) is 23.8 Å². The first-order valence-corrected chi connectivity index (χ1v) is 10.1. The topological polar surface area (TPSA) is 85.2 Å². The van der Waals surface area contributed by atoms with Gasteiger partial charge in [0.05, 0.1) is 14.2 Å². The summed E-state index contributed by atoms with van der Waals surface area (Å²) in [6, 6.07) is 12.1. The molecule has 6 nitrogen and oxygen atoms in total. The van der Waals surface area contributed by atoms with E-state index in [-0.39, 0.29) is 40.7 Å². The average Bonchev–Trinajstić information content (AvgIpc) is 2.78. The lowest BCUT2D eigenvalue weighted by molar-refractivity contribution is 0.0694. The molecule has 0 fully saturated rings. The van der Waals surface area contributed by atoms with E-state index in [1.165, 1.54) is 38.5 Å². The molecule has 172 valence electrons. The third kappa shape index (κ3) is 5.09. The van der Waals surface area contributed by atoms with E-state index in [9.17, 15) is 19.4 Å². The number of carboxylic acids is 1. The third-order valence-corrected chi connectivity index (χ3v) is 5.01. The minimum Gasteiger partial charge on any atom is -0.508 e. The largest absolute Gasteiger partial charge is 0.508 e. The number of benzene rings is 3. The van der Waals surface area contributed by atoms with Crippen LogP contribution < -0.4 is 14.2 Å². The summed E-state index contributed by atoms with van der Waals surface area (Å²) in [6.07, 6.45) is 1.83. The maximum atomic E-state index is 14.8. The van der Waals surface area contributed by atoms with Crippen molar-refractivity contribution >= 4 is 5.97 Å². The fourth-order valence-corrected chi connectivity index (χ4v) is 3.43. The van der Waals surface area contributed by atoms with Crippen LogP contribution in [-0.2, 0) is 0 Å². The quantitative estimate of drug-likeness (QED) is 0.412. The minimum atomic E-state index is -1.26. The molecule has 7 heteroatoms. The summed E-state index contributed by atoms with van der Waals surface area (Å²) in [5, 5.41) is 19.7. The van der Waals surface area contributed by atoms with Crippen LogP contribution in [0, 0.1) is 5.82 Å². The smallest absolute Gasteiger partial charge is 0.340 e. The molecule has 0 aliphatic rings. The average molecular weight is 452 g/mol. The van der Waals surface area contributed by atoms with E-state index in [2.05, 4.69) is 0 Å². The van der Waals surface area contributed by atoms with E-state index in [1.807, 2.05) is 19.9 Å². The summed E-state index contributed by atoms with van der Waals surface area (Å²) in [4.78, 5) is 12.3. The van der Waals surface area contributed by atoms with Crippen LogP contribution in [0.5, 0.6) is 23.0 Å². The minimum absolute atomic E-state index is 0.0553. The molecule has 0 radical (unpaired) electrons. The highest BCUT2D eigenvalue weighted by Gasteiger charge is 2.27. The molecule has 0 saturated carbocycles. The van der Waals surface area contributed by atoms with Crippen molar-refractivity contribution in [1.82, 2.24) is 0 Å². The Morgan fingerprint density at radius 1 is 0.970 bits per heavy atom. The van der Waals surface area contributed by atoms with Crippen LogP contribution in [-0.4, -0.2) is 37.0 Å². The molecule has 0 bridgehead atoms. The Morgan fingerprint density at radius 2 is 1.64 bits per heavy atom. The molecule has 0 amide bonds. The number of phenols is 1. The molecule has 3 aromatic rings. The van der Waals surface area contributed by atoms with Crippen molar-refractivity contribution in [3.05, 3.63) is 71.6 Å². The molecule has 0 heterocycles. The van der Waals surface area contributed by atoms with Gasteiger partial charge in [0, 0.05) is 11.1 Å². The van der Waals surface area contributed by atoms with Gasteiger partial charge in [-0.15, -0.1) is 0 Å². The zero-order valence-electron chi connectivity index (χ0n) is 18.8. The summed E-state index contributed by atoms with van der Waals surface area (Å²) in [5.74, 6) is -1.44. The Balaban J connectivity index is 2.19. The van der Waals surface area contributed by atoms with E-state index in [4.69, 9.17) is 14.2 Å². The number of allylic oxidation sites excluding steroid dienone is 1. The molecule has 0 aliphatic carbocycles. The Labute approximate surface area is 191 Å². The van der Waals surface area contributed by atoms with Crippen LogP contribution in [0.4, 0.5) is 4.39 Å². The molecule has 0 aromatic heterocycles. The Kier molecular flexibility index (Phi) is 7.23. The highest BCUT2D eigenvalue weighted by atomic mass is 19.1. The number of phenolic OH excluding ortho intramolecular Hbond substituents is 1. The van der Waals surface area contributed by atoms with Crippen molar-refractivity contribution in [3.63, 3.8) is 0 Å². The molecular formula is C26H25FO6. The van der Waals surface area contributed by atoms with Gasteiger partial charge in [0.15, 0.2) is 11.6 Å². The standard InChI is InChI=1S/C26H25FO6/c1-15(2)11-12-33-21-10-7-17(13-20(21)27)23-22(31-3)14-19(16-5-8-18(28)9-6-16)25(32-4)24(23)26(29)30/h5-11,13-14,28H,12H2,1-4H3,(H,29,30). The number of hydrogen-bond donors (Lipinski definition) is 2. The highest BCUT2D eigenvalue weighted by Crippen LogP contribution is 2.45. The van der Waals surface area contributed by atoms with E-state index < -0.39 is 11.8 Å². The van der Waals surface area contributed by atoms with Gasteiger partial charge < -0.3 is 24.4 Å². The second-order valence-electron chi connectivity index (χ2n) is 7.50. The van der Waals surface area contributed by atoms with Crippen LogP contribution in [0.2, 0.25) is 0 Å². The summed E-state index contributed by atoms with van der Waals surface area (Å²) in [7, 11) is 2.77. The fraction of sp³-hybridized carbons (Fsp3) is 0.192. The van der Waals surface area contributed by atoms with Gasteiger partial charge in [-0.05, 0) is 61.4 Å². The van der Waals surface area contributed by atoms with Crippen molar-refractivity contribution < 1.29 is 33.6 Å². The monoisotopic (exact) mass is 452 g/mol. The first-order chi connectivity index (χ1) is 15.8. The first-order valence-electron chi connectivity index (χ1n) is 10.1. The van der Waals surface area contributed by atoms with Crippen molar-refractivity contribution in [2.45, 2.75) is 13.8 Å². The number of carboxylic acid groups (broad SMARTS) is 1. The van der Waals surface area contributed by atoms with E-state index in [1.54, 1.807) is 24.3 Å². The number of carbonyl (C=O) groups is 1. The molecule has 0 atom stereocenters. The highest BCUT2D eigenvalue weighted by molar-refractivity contribution is 6.04. The van der Waals surface area contributed by atoms with Gasteiger partial charge >= 0.3 is 5.97 Å². The van der Waals surface area contributed by atoms with Gasteiger partial charge in [0.25, 0.3) is 0 Å². The Morgan fingerprint density at radius 3 is 2.18 bits per heavy atom. The van der Waals surface area contributed by atoms with Crippen molar-refractivity contribution in [2.75, 3.05) is 20.8 Å². The number of halogens is 1. The molecule has 0 spiro atoms. The molecule has 33 heavy (non-hydrogen) atoms. The number of ether oxygens (including phenoxy) is 3. The second-order valence-corrected chi connectivity index (χ2v) is 7.50. The maximum absolute atomic E-state index is 14.8. The summed E-state index contributed by atoms with van der Waals surface area (Å²) in [5.41, 5.74) is 2.43. The second kappa shape index (κ2) is 10.1. The maximum Gasteiger partial charge on any atom is 0.340 e. The summed E-state index contributed by atoms with van der Waals surface area (Å²) >= 11 is 0. The molecule has 3 rings (SSSR count). The number of methoxy groups -OCH3 is 2.